The minimum Gasteiger partial charge on any atom is -0.345 e. The van der Waals surface area contributed by atoms with Crippen LogP contribution in [-0.4, -0.2) is 42.0 Å². The molecule has 0 spiro atoms. The van der Waals surface area contributed by atoms with E-state index >= 15 is 0 Å². The Balaban J connectivity index is 1.45. The van der Waals surface area contributed by atoms with Crippen LogP contribution in [0.1, 0.15) is 15.2 Å². The second-order valence-corrected chi connectivity index (χ2v) is 7.81. The summed E-state index contributed by atoms with van der Waals surface area (Å²) in [5.41, 5.74) is 1.88. The van der Waals surface area contributed by atoms with Gasteiger partial charge < -0.3 is 9.80 Å². The van der Waals surface area contributed by atoms with Crippen LogP contribution < -0.4 is 4.90 Å². The molecule has 1 saturated heterocycles. The van der Waals surface area contributed by atoms with Gasteiger partial charge in [-0.3, -0.25) is 4.79 Å². The van der Waals surface area contributed by atoms with Crippen LogP contribution in [0.5, 0.6) is 0 Å². The number of para-hydroxylation sites is 1. The molecule has 1 amide bonds. The molecule has 4 nitrogen and oxygen atoms in total. The number of carbonyl (C=O) groups is 1. The molecule has 1 fully saturated rings. The van der Waals surface area contributed by atoms with Gasteiger partial charge in [0.25, 0.3) is 5.91 Å². The molecule has 4 rings (SSSR count). The Kier molecular flexibility index (Phi) is 3.79. The maximum atomic E-state index is 12.5. The third-order valence-corrected chi connectivity index (χ3v) is 6.06. The molecule has 3 aromatic rings. The van der Waals surface area contributed by atoms with Crippen molar-refractivity contribution < 1.29 is 4.79 Å². The highest BCUT2D eigenvalue weighted by Gasteiger charge is 2.24. The highest BCUT2D eigenvalue weighted by Crippen LogP contribution is 2.29. The van der Waals surface area contributed by atoms with Gasteiger partial charge in [0.15, 0.2) is 5.13 Å². The zero-order valence-corrected chi connectivity index (χ0v) is 14.5. The van der Waals surface area contributed by atoms with Crippen LogP contribution >= 0.6 is 22.7 Å². The molecule has 0 atom stereocenters. The monoisotopic (exact) mass is 343 g/mol. The Morgan fingerprint density at radius 1 is 1.17 bits per heavy atom. The lowest BCUT2D eigenvalue weighted by molar-refractivity contribution is 0.0747. The molecule has 1 aliphatic heterocycles. The van der Waals surface area contributed by atoms with Gasteiger partial charge in [0.1, 0.15) is 0 Å². The predicted octanol–water partition coefficient (Wildman–Crippen LogP) is 3.63. The molecule has 0 bridgehead atoms. The lowest BCUT2D eigenvalue weighted by atomic mass is 10.2. The smallest absolute Gasteiger partial charge is 0.254 e. The van der Waals surface area contributed by atoms with E-state index in [9.17, 15) is 4.79 Å². The number of aryl methyl sites for hydroxylation is 1. The highest BCUT2D eigenvalue weighted by molar-refractivity contribution is 7.22. The van der Waals surface area contributed by atoms with Crippen LogP contribution in [0, 0.1) is 6.92 Å². The number of nitrogens with zero attached hydrogens (tertiary/aromatic N) is 3. The SMILES string of the molecule is Cc1cc(C(=O)N2CCN(c3nc4ccccc4s3)CC2)cs1. The molecule has 2 aromatic heterocycles. The normalized spacial score (nSPS) is 15.3. The Hall–Kier alpha value is -1.92. The standard InChI is InChI=1S/C17H17N3OS2/c1-12-10-13(11-22-12)16(21)19-6-8-20(9-7-19)17-18-14-4-2-3-5-15(14)23-17/h2-5,10-11H,6-9H2,1H3. The van der Waals surface area contributed by atoms with Crippen molar-refractivity contribution in [1.82, 2.24) is 9.88 Å². The van der Waals surface area contributed by atoms with Gasteiger partial charge in [0.2, 0.25) is 0 Å². The summed E-state index contributed by atoms with van der Waals surface area (Å²) in [7, 11) is 0. The molecule has 23 heavy (non-hydrogen) atoms. The van der Waals surface area contributed by atoms with Crippen molar-refractivity contribution in [3.8, 4) is 0 Å². The van der Waals surface area contributed by atoms with Crippen molar-refractivity contribution in [2.75, 3.05) is 31.1 Å². The van der Waals surface area contributed by atoms with Gasteiger partial charge >= 0.3 is 0 Å². The van der Waals surface area contributed by atoms with Crippen molar-refractivity contribution >= 4 is 43.9 Å². The summed E-state index contributed by atoms with van der Waals surface area (Å²) >= 11 is 3.36. The van der Waals surface area contributed by atoms with Crippen molar-refractivity contribution in [2.24, 2.45) is 0 Å². The number of anilines is 1. The Morgan fingerprint density at radius 2 is 1.96 bits per heavy atom. The zero-order chi connectivity index (χ0) is 15.8. The van der Waals surface area contributed by atoms with Crippen LogP contribution in [0.25, 0.3) is 10.2 Å². The van der Waals surface area contributed by atoms with Crippen LogP contribution in [0.4, 0.5) is 5.13 Å². The number of aromatic nitrogens is 1. The molecule has 0 radical (unpaired) electrons. The summed E-state index contributed by atoms with van der Waals surface area (Å²) in [4.78, 5) is 22.6. The van der Waals surface area contributed by atoms with Crippen molar-refractivity contribution in [1.29, 1.82) is 0 Å². The fourth-order valence-corrected chi connectivity index (χ4v) is 4.53. The quantitative estimate of drug-likeness (QED) is 0.713. The average molecular weight is 343 g/mol. The summed E-state index contributed by atoms with van der Waals surface area (Å²) in [5.74, 6) is 0.151. The fraction of sp³-hybridized carbons (Fsp3) is 0.294. The summed E-state index contributed by atoms with van der Waals surface area (Å²) in [5, 5.41) is 3.02. The summed E-state index contributed by atoms with van der Waals surface area (Å²) in [6.45, 7) is 5.23. The Morgan fingerprint density at radius 3 is 2.65 bits per heavy atom. The number of benzene rings is 1. The molecule has 1 aliphatic rings. The fourth-order valence-electron chi connectivity index (χ4n) is 2.83. The Labute approximate surface area is 143 Å². The predicted molar refractivity (Wildman–Crippen MR) is 96.8 cm³/mol. The van der Waals surface area contributed by atoms with Crippen LogP contribution in [0.15, 0.2) is 35.7 Å². The van der Waals surface area contributed by atoms with Crippen LogP contribution in [0.3, 0.4) is 0 Å². The van der Waals surface area contributed by atoms with Crippen molar-refractivity contribution in [2.45, 2.75) is 6.92 Å². The number of thiazole rings is 1. The van der Waals surface area contributed by atoms with Crippen molar-refractivity contribution in [3.63, 3.8) is 0 Å². The van der Waals surface area contributed by atoms with E-state index in [-0.39, 0.29) is 5.91 Å². The van der Waals surface area contributed by atoms with Gasteiger partial charge in [0.05, 0.1) is 15.8 Å². The first-order valence-electron chi connectivity index (χ1n) is 7.65. The molecule has 1 aromatic carbocycles. The lowest BCUT2D eigenvalue weighted by Gasteiger charge is -2.34. The number of fused-ring (bicyclic) bond motifs is 1. The number of thiophene rings is 1. The summed E-state index contributed by atoms with van der Waals surface area (Å²) in [6.07, 6.45) is 0. The van der Waals surface area contributed by atoms with E-state index in [2.05, 4.69) is 11.0 Å². The number of piperazine rings is 1. The molecule has 118 valence electrons. The molecule has 0 N–H and O–H groups in total. The third-order valence-electron chi connectivity index (χ3n) is 4.10. The van der Waals surface area contributed by atoms with Crippen LogP contribution in [0.2, 0.25) is 0 Å². The third kappa shape index (κ3) is 2.84. The topological polar surface area (TPSA) is 36.4 Å². The lowest BCUT2D eigenvalue weighted by Crippen LogP contribution is -2.48. The second kappa shape index (κ2) is 5.94. The number of hydrogen-bond donors (Lipinski definition) is 0. The molecule has 6 heteroatoms. The van der Waals surface area contributed by atoms with E-state index in [0.29, 0.717) is 0 Å². The molecular formula is C17H17N3OS2. The maximum absolute atomic E-state index is 12.5. The molecule has 0 aliphatic carbocycles. The van der Waals surface area contributed by atoms with Gasteiger partial charge in [-0.25, -0.2) is 4.98 Å². The Bertz CT molecular complexity index is 813. The van der Waals surface area contributed by atoms with E-state index in [1.165, 1.54) is 9.58 Å². The largest absolute Gasteiger partial charge is 0.345 e. The molecule has 3 heterocycles. The van der Waals surface area contributed by atoms with Gasteiger partial charge in [-0.1, -0.05) is 23.5 Å². The van der Waals surface area contributed by atoms with E-state index in [0.717, 1.165) is 42.4 Å². The summed E-state index contributed by atoms with van der Waals surface area (Å²) < 4.78 is 1.22. The molecule has 0 unspecified atom stereocenters. The van der Waals surface area contributed by atoms with E-state index in [4.69, 9.17) is 4.98 Å². The number of carbonyl (C=O) groups excluding carboxylic acids is 1. The van der Waals surface area contributed by atoms with E-state index in [1.807, 2.05) is 41.5 Å². The number of amides is 1. The average Bonchev–Trinajstić information content (AvgIpc) is 3.20. The van der Waals surface area contributed by atoms with E-state index in [1.54, 1.807) is 22.7 Å². The maximum Gasteiger partial charge on any atom is 0.254 e. The van der Waals surface area contributed by atoms with Gasteiger partial charge in [0, 0.05) is 36.4 Å². The first-order chi connectivity index (χ1) is 11.2. The highest BCUT2D eigenvalue weighted by atomic mass is 32.1. The van der Waals surface area contributed by atoms with Crippen molar-refractivity contribution in [3.05, 3.63) is 46.2 Å². The number of hydrogen-bond acceptors (Lipinski definition) is 5. The first kappa shape index (κ1) is 14.7. The van der Waals surface area contributed by atoms with Gasteiger partial charge in [-0.15, -0.1) is 11.3 Å². The minimum absolute atomic E-state index is 0.151. The summed E-state index contributed by atoms with van der Waals surface area (Å²) in [6, 6.07) is 10.2. The zero-order valence-electron chi connectivity index (χ0n) is 12.9. The molecular weight excluding hydrogens is 326 g/mol. The van der Waals surface area contributed by atoms with Gasteiger partial charge in [-0.05, 0) is 25.1 Å². The minimum atomic E-state index is 0.151. The van der Waals surface area contributed by atoms with Gasteiger partial charge in [-0.2, -0.15) is 0 Å². The first-order valence-corrected chi connectivity index (χ1v) is 9.35. The van der Waals surface area contributed by atoms with E-state index < -0.39 is 0 Å². The molecule has 0 saturated carbocycles. The van der Waals surface area contributed by atoms with Crippen LogP contribution in [-0.2, 0) is 0 Å². The second-order valence-electron chi connectivity index (χ2n) is 5.69. The number of rotatable bonds is 2.